The molecule has 0 atom stereocenters. The highest BCUT2D eigenvalue weighted by Gasteiger charge is 2.10. The zero-order valence-electron chi connectivity index (χ0n) is 7.27. The molecular formula is C9H8BrN3O. The SMILES string of the molecule is NCC(=O)c1cccc2cnc(Br)n12. The second kappa shape index (κ2) is 3.51. The second-order valence-electron chi connectivity index (χ2n) is 2.83. The van der Waals surface area contributed by atoms with Crippen LogP contribution in [0.2, 0.25) is 0 Å². The lowest BCUT2D eigenvalue weighted by molar-refractivity contribution is 0.0995. The van der Waals surface area contributed by atoms with Crippen LogP contribution in [0.15, 0.2) is 29.1 Å². The quantitative estimate of drug-likeness (QED) is 0.820. The molecule has 2 aromatic heterocycles. The Morgan fingerprint density at radius 2 is 2.36 bits per heavy atom. The highest BCUT2D eigenvalue weighted by Crippen LogP contribution is 2.15. The van der Waals surface area contributed by atoms with Gasteiger partial charge in [0, 0.05) is 0 Å². The van der Waals surface area contributed by atoms with Gasteiger partial charge in [0.15, 0.2) is 10.5 Å². The molecule has 0 saturated heterocycles. The molecule has 2 N–H and O–H groups in total. The number of carbonyl (C=O) groups is 1. The number of hydrogen-bond acceptors (Lipinski definition) is 3. The summed E-state index contributed by atoms with van der Waals surface area (Å²) >= 11 is 3.27. The summed E-state index contributed by atoms with van der Waals surface area (Å²) in [5.41, 5.74) is 6.74. The second-order valence-corrected chi connectivity index (χ2v) is 3.54. The normalized spacial score (nSPS) is 10.7. The molecule has 0 bridgehead atoms. The van der Waals surface area contributed by atoms with Crippen molar-refractivity contribution >= 4 is 27.2 Å². The molecule has 0 fully saturated rings. The Morgan fingerprint density at radius 1 is 1.57 bits per heavy atom. The van der Waals surface area contributed by atoms with Crippen LogP contribution in [0.5, 0.6) is 0 Å². The summed E-state index contributed by atoms with van der Waals surface area (Å²) in [6, 6.07) is 5.42. The predicted octanol–water partition coefficient (Wildman–Crippen LogP) is 1.24. The van der Waals surface area contributed by atoms with Gasteiger partial charge in [0.1, 0.15) is 0 Å². The minimum Gasteiger partial charge on any atom is -0.324 e. The predicted molar refractivity (Wildman–Crippen MR) is 56.3 cm³/mol. The van der Waals surface area contributed by atoms with Crippen LogP contribution < -0.4 is 5.73 Å². The number of rotatable bonds is 2. The molecule has 0 aromatic carbocycles. The van der Waals surface area contributed by atoms with Crippen LogP contribution in [0.3, 0.4) is 0 Å². The molecule has 0 spiro atoms. The molecule has 0 aliphatic carbocycles. The molecule has 0 amide bonds. The van der Waals surface area contributed by atoms with Gasteiger partial charge in [-0.05, 0) is 28.1 Å². The number of hydrogen-bond donors (Lipinski definition) is 1. The molecule has 4 nitrogen and oxygen atoms in total. The van der Waals surface area contributed by atoms with Crippen molar-refractivity contribution in [2.45, 2.75) is 0 Å². The Balaban J connectivity index is 2.75. The largest absolute Gasteiger partial charge is 0.324 e. The van der Waals surface area contributed by atoms with E-state index in [2.05, 4.69) is 20.9 Å². The lowest BCUT2D eigenvalue weighted by atomic mass is 10.2. The number of aromatic nitrogens is 2. The molecule has 0 radical (unpaired) electrons. The van der Waals surface area contributed by atoms with Gasteiger partial charge in [-0.15, -0.1) is 0 Å². The molecule has 72 valence electrons. The summed E-state index contributed by atoms with van der Waals surface area (Å²) in [7, 11) is 0. The van der Waals surface area contributed by atoms with Crippen molar-refractivity contribution < 1.29 is 4.79 Å². The Hall–Kier alpha value is -1.20. The first-order valence-electron chi connectivity index (χ1n) is 4.09. The average molecular weight is 254 g/mol. The standard InChI is InChI=1S/C9H8BrN3O/c10-9-12-5-6-2-1-3-7(13(6)9)8(14)4-11/h1-3,5H,4,11H2. The van der Waals surface area contributed by atoms with E-state index < -0.39 is 0 Å². The fraction of sp³-hybridized carbons (Fsp3) is 0.111. The van der Waals surface area contributed by atoms with E-state index >= 15 is 0 Å². The Morgan fingerprint density at radius 3 is 3.07 bits per heavy atom. The van der Waals surface area contributed by atoms with Crippen LogP contribution in [0.25, 0.3) is 5.52 Å². The van der Waals surface area contributed by atoms with Gasteiger partial charge in [-0.1, -0.05) is 6.07 Å². The third-order valence-corrected chi connectivity index (χ3v) is 2.54. The molecular weight excluding hydrogens is 246 g/mol. The van der Waals surface area contributed by atoms with E-state index in [1.54, 1.807) is 16.7 Å². The zero-order chi connectivity index (χ0) is 10.1. The maximum atomic E-state index is 11.5. The average Bonchev–Trinajstić information content (AvgIpc) is 2.59. The number of carbonyl (C=O) groups excluding carboxylic acids is 1. The summed E-state index contributed by atoms with van der Waals surface area (Å²) in [6.07, 6.45) is 1.69. The number of pyridine rings is 1. The van der Waals surface area contributed by atoms with Gasteiger partial charge in [-0.25, -0.2) is 4.98 Å². The van der Waals surface area contributed by atoms with Gasteiger partial charge in [-0.2, -0.15) is 0 Å². The molecule has 2 heterocycles. The van der Waals surface area contributed by atoms with Crippen molar-refractivity contribution in [2.75, 3.05) is 6.54 Å². The van der Waals surface area contributed by atoms with E-state index in [0.717, 1.165) is 5.52 Å². The van der Waals surface area contributed by atoms with Crippen LogP contribution in [0, 0.1) is 0 Å². The fourth-order valence-corrected chi connectivity index (χ4v) is 1.83. The number of ketones is 1. The van der Waals surface area contributed by atoms with Crippen LogP contribution in [0.4, 0.5) is 0 Å². The van der Waals surface area contributed by atoms with E-state index in [9.17, 15) is 4.79 Å². The first kappa shape index (κ1) is 9.36. The van der Waals surface area contributed by atoms with Crippen molar-refractivity contribution in [1.29, 1.82) is 0 Å². The summed E-state index contributed by atoms with van der Waals surface area (Å²) in [5, 5.41) is 0. The number of Topliss-reactive ketones (excluding diaryl/α,β-unsaturated/α-hetero) is 1. The van der Waals surface area contributed by atoms with E-state index in [0.29, 0.717) is 10.4 Å². The van der Waals surface area contributed by atoms with Crippen molar-refractivity contribution in [2.24, 2.45) is 5.73 Å². The van der Waals surface area contributed by atoms with Gasteiger partial charge in [0.2, 0.25) is 0 Å². The lowest BCUT2D eigenvalue weighted by Gasteiger charge is -2.03. The number of imidazole rings is 1. The van der Waals surface area contributed by atoms with Gasteiger partial charge in [0.25, 0.3) is 0 Å². The van der Waals surface area contributed by atoms with Crippen LogP contribution >= 0.6 is 15.9 Å². The molecule has 0 aliphatic rings. The first-order valence-corrected chi connectivity index (χ1v) is 4.88. The molecule has 2 rings (SSSR count). The summed E-state index contributed by atoms with van der Waals surface area (Å²) < 4.78 is 2.35. The number of nitrogens with zero attached hydrogens (tertiary/aromatic N) is 2. The molecule has 0 saturated carbocycles. The van der Waals surface area contributed by atoms with Crippen molar-refractivity contribution in [3.63, 3.8) is 0 Å². The number of nitrogens with two attached hydrogens (primary N) is 1. The minimum atomic E-state index is -0.102. The van der Waals surface area contributed by atoms with Crippen molar-refractivity contribution in [1.82, 2.24) is 9.38 Å². The molecule has 0 unspecified atom stereocenters. The molecule has 14 heavy (non-hydrogen) atoms. The maximum absolute atomic E-state index is 11.5. The van der Waals surface area contributed by atoms with Crippen molar-refractivity contribution in [3.05, 3.63) is 34.8 Å². The van der Waals surface area contributed by atoms with E-state index in [1.807, 2.05) is 12.1 Å². The van der Waals surface area contributed by atoms with Gasteiger partial charge >= 0.3 is 0 Å². The monoisotopic (exact) mass is 253 g/mol. The topological polar surface area (TPSA) is 60.4 Å². The van der Waals surface area contributed by atoms with Gasteiger partial charge in [-0.3, -0.25) is 9.20 Å². The fourth-order valence-electron chi connectivity index (χ4n) is 1.33. The zero-order valence-corrected chi connectivity index (χ0v) is 8.86. The van der Waals surface area contributed by atoms with Crippen LogP contribution in [-0.2, 0) is 0 Å². The van der Waals surface area contributed by atoms with Gasteiger partial charge in [0.05, 0.1) is 24.0 Å². The minimum absolute atomic E-state index is 0.00370. The number of fused-ring (bicyclic) bond motifs is 1. The van der Waals surface area contributed by atoms with Crippen LogP contribution in [0.1, 0.15) is 10.5 Å². The molecule has 0 aliphatic heterocycles. The Kier molecular flexibility index (Phi) is 2.35. The maximum Gasteiger partial charge on any atom is 0.193 e. The van der Waals surface area contributed by atoms with E-state index in [-0.39, 0.29) is 12.3 Å². The summed E-state index contributed by atoms with van der Waals surface area (Å²) in [4.78, 5) is 15.5. The highest BCUT2D eigenvalue weighted by atomic mass is 79.9. The van der Waals surface area contributed by atoms with Gasteiger partial charge < -0.3 is 5.73 Å². The lowest BCUT2D eigenvalue weighted by Crippen LogP contribution is -2.16. The summed E-state index contributed by atoms with van der Waals surface area (Å²) in [5.74, 6) is -0.102. The van der Waals surface area contributed by atoms with E-state index in [4.69, 9.17) is 5.73 Å². The third kappa shape index (κ3) is 1.34. The summed E-state index contributed by atoms with van der Waals surface area (Å²) in [6.45, 7) is 0.00370. The Labute approximate surface area is 88.9 Å². The Bertz CT molecular complexity index is 492. The van der Waals surface area contributed by atoms with E-state index in [1.165, 1.54) is 0 Å². The highest BCUT2D eigenvalue weighted by molar-refractivity contribution is 9.10. The third-order valence-electron chi connectivity index (χ3n) is 1.98. The smallest absolute Gasteiger partial charge is 0.193 e. The first-order chi connectivity index (χ1) is 6.74. The number of halogens is 1. The van der Waals surface area contributed by atoms with Crippen molar-refractivity contribution in [3.8, 4) is 0 Å². The molecule has 2 aromatic rings. The molecule has 5 heteroatoms. The van der Waals surface area contributed by atoms with Crippen LogP contribution in [-0.4, -0.2) is 21.7 Å².